The summed E-state index contributed by atoms with van der Waals surface area (Å²) in [5.41, 5.74) is 6.38. The molecule has 0 aromatic heterocycles. The molecule has 0 amide bonds. The second-order valence-electron chi connectivity index (χ2n) is 3.70. The Hall–Kier alpha value is -2.14. The highest BCUT2D eigenvalue weighted by Crippen LogP contribution is 2.02. The van der Waals surface area contributed by atoms with E-state index in [1.165, 1.54) is 12.1 Å². The Morgan fingerprint density at radius 3 is 1.94 bits per heavy atom. The lowest BCUT2D eigenvalue weighted by Crippen LogP contribution is -2.78. The lowest BCUT2D eigenvalue weighted by atomic mass is 10.2. The molecule has 4 nitrogen and oxygen atoms in total. The summed E-state index contributed by atoms with van der Waals surface area (Å²) in [5.74, 6) is 0.111. The first-order valence-corrected chi connectivity index (χ1v) is 6.83. The zero-order valence-electron chi connectivity index (χ0n) is 9.58. The summed E-state index contributed by atoms with van der Waals surface area (Å²) in [4.78, 5) is 0.184. The molecule has 2 aromatic carbocycles. The quantitative estimate of drug-likeness (QED) is 0.596. The van der Waals surface area contributed by atoms with Crippen molar-refractivity contribution in [2.24, 2.45) is 5.73 Å². The molecule has 0 unspecified atom stereocenters. The number of hydrogen-bond donors (Lipinski definition) is 2. The van der Waals surface area contributed by atoms with Gasteiger partial charge in [0.25, 0.3) is 5.84 Å². The molecule has 2 rings (SSSR count). The van der Waals surface area contributed by atoms with Gasteiger partial charge >= 0.3 is 10.0 Å². The van der Waals surface area contributed by atoms with Crippen molar-refractivity contribution in [2.45, 2.75) is 4.90 Å². The van der Waals surface area contributed by atoms with E-state index < -0.39 is 10.0 Å². The minimum Gasteiger partial charge on any atom is -0.286 e. The smallest absolute Gasteiger partial charge is 0.286 e. The van der Waals surface area contributed by atoms with Crippen molar-refractivity contribution in [3.05, 3.63) is 66.2 Å². The first kappa shape index (κ1) is 12.3. The van der Waals surface area contributed by atoms with Crippen LogP contribution in [0.5, 0.6) is 0 Å². The van der Waals surface area contributed by atoms with Crippen molar-refractivity contribution >= 4 is 15.9 Å². The molecular weight excluding hydrogens is 248 g/mol. The van der Waals surface area contributed by atoms with E-state index in [0.29, 0.717) is 5.56 Å². The maximum Gasteiger partial charge on any atom is 0.328 e. The topological polar surface area (TPSA) is 74.1 Å². The average Bonchev–Trinajstić information content (AvgIpc) is 2.40. The van der Waals surface area contributed by atoms with E-state index >= 15 is 0 Å². The Morgan fingerprint density at radius 1 is 0.889 bits per heavy atom. The molecule has 0 saturated carbocycles. The Labute approximate surface area is 106 Å². The Kier molecular flexibility index (Phi) is 3.43. The van der Waals surface area contributed by atoms with Crippen LogP contribution in [0, 0.1) is 0 Å². The van der Waals surface area contributed by atoms with Gasteiger partial charge in [-0.1, -0.05) is 36.4 Å². The van der Waals surface area contributed by atoms with E-state index in [1.54, 1.807) is 42.5 Å². The summed E-state index contributed by atoms with van der Waals surface area (Å²) in [7, 11) is -3.62. The van der Waals surface area contributed by atoms with Crippen LogP contribution in [0.3, 0.4) is 0 Å². The molecule has 0 aliphatic rings. The highest BCUT2D eigenvalue weighted by molar-refractivity contribution is 7.84. The summed E-state index contributed by atoms with van der Waals surface area (Å²) in [5, 5.41) is 0. The van der Waals surface area contributed by atoms with Crippen LogP contribution in [0.25, 0.3) is 0 Å². The molecule has 0 bridgehead atoms. The molecule has 0 radical (unpaired) electrons. The second-order valence-corrected chi connectivity index (χ2v) is 5.38. The van der Waals surface area contributed by atoms with Crippen LogP contribution in [0.2, 0.25) is 0 Å². The van der Waals surface area contributed by atoms with Gasteiger partial charge in [-0.05, 0) is 24.3 Å². The summed E-state index contributed by atoms with van der Waals surface area (Å²) < 4.78 is 26.4. The minimum absolute atomic E-state index is 0.111. The van der Waals surface area contributed by atoms with Gasteiger partial charge in [0.15, 0.2) is 0 Å². The van der Waals surface area contributed by atoms with Crippen LogP contribution in [0.15, 0.2) is 65.6 Å². The SMILES string of the molecule is NC(=[NH+]S(=O)(=O)c1ccccc1)c1ccccc1. The number of nitrogens with one attached hydrogen (secondary N) is 1. The van der Waals surface area contributed by atoms with Gasteiger partial charge in [-0.25, -0.2) is 0 Å². The number of sulfonamides is 1. The molecule has 0 spiro atoms. The number of rotatable bonds is 3. The van der Waals surface area contributed by atoms with Gasteiger partial charge in [0, 0.05) is 0 Å². The normalized spacial score (nSPS) is 12.3. The molecular formula is C13H13N2O2S+. The van der Waals surface area contributed by atoms with Crippen LogP contribution in [-0.2, 0) is 10.0 Å². The van der Waals surface area contributed by atoms with Gasteiger partial charge in [-0.3, -0.25) is 5.73 Å². The molecule has 18 heavy (non-hydrogen) atoms. The van der Waals surface area contributed by atoms with Gasteiger partial charge in [0.2, 0.25) is 0 Å². The highest BCUT2D eigenvalue weighted by Gasteiger charge is 2.16. The number of amidine groups is 1. The molecule has 5 heteroatoms. The Bertz CT molecular complexity index is 650. The van der Waals surface area contributed by atoms with E-state index in [2.05, 4.69) is 4.40 Å². The van der Waals surface area contributed by atoms with Crippen LogP contribution in [-0.4, -0.2) is 14.3 Å². The van der Waals surface area contributed by atoms with E-state index in [1.807, 2.05) is 6.07 Å². The van der Waals surface area contributed by atoms with Crippen molar-refractivity contribution in [2.75, 3.05) is 0 Å². The molecule has 0 heterocycles. The zero-order chi connectivity index (χ0) is 13.0. The average molecular weight is 261 g/mol. The maximum atomic E-state index is 12.0. The summed E-state index contributed by atoms with van der Waals surface area (Å²) >= 11 is 0. The van der Waals surface area contributed by atoms with Gasteiger partial charge in [0.05, 0.1) is 5.56 Å². The van der Waals surface area contributed by atoms with Crippen molar-refractivity contribution in [3.63, 3.8) is 0 Å². The fraction of sp³-hybridized carbons (Fsp3) is 0. The largest absolute Gasteiger partial charge is 0.328 e. The monoisotopic (exact) mass is 261 g/mol. The van der Waals surface area contributed by atoms with Gasteiger partial charge in [0.1, 0.15) is 4.90 Å². The van der Waals surface area contributed by atoms with Gasteiger partial charge < -0.3 is 0 Å². The highest BCUT2D eigenvalue weighted by atomic mass is 32.2. The van der Waals surface area contributed by atoms with Gasteiger partial charge in [-0.15, -0.1) is 0 Å². The number of hydrogen-bond acceptors (Lipinski definition) is 2. The molecule has 0 fully saturated rings. The summed E-state index contributed by atoms with van der Waals surface area (Å²) in [6.07, 6.45) is 0. The summed E-state index contributed by atoms with van der Waals surface area (Å²) in [6, 6.07) is 17.0. The third kappa shape index (κ3) is 2.75. The molecule has 0 saturated heterocycles. The maximum absolute atomic E-state index is 12.0. The predicted octanol–water partition coefficient (Wildman–Crippen LogP) is -0.139. The third-order valence-electron chi connectivity index (χ3n) is 2.38. The third-order valence-corrected chi connectivity index (χ3v) is 3.76. The van der Waals surface area contributed by atoms with Crippen LogP contribution in [0.4, 0.5) is 0 Å². The minimum atomic E-state index is -3.62. The second kappa shape index (κ2) is 5.01. The van der Waals surface area contributed by atoms with E-state index in [4.69, 9.17) is 5.73 Å². The first-order valence-electron chi connectivity index (χ1n) is 5.35. The van der Waals surface area contributed by atoms with Crippen LogP contribution < -0.4 is 10.1 Å². The number of nitrogen functional groups attached to an aromatic ring is 1. The summed E-state index contributed by atoms with van der Waals surface area (Å²) in [6.45, 7) is 0. The van der Waals surface area contributed by atoms with E-state index in [0.717, 1.165) is 0 Å². The van der Waals surface area contributed by atoms with Crippen molar-refractivity contribution in [1.82, 2.24) is 0 Å². The van der Waals surface area contributed by atoms with Crippen molar-refractivity contribution < 1.29 is 12.8 Å². The fourth-order valence-electron chi connectivity index (χ4n) is 1.48. The molecule has 0 atom stereocenters. The first-order chi connectivity index (χ1) is 8.59. The number of benzene rings is 2. The lowest BCUT2D eigenvalue weighted by Gasteiger charge is -1.98. The molecule has 92 valence electrons. The van der Waals surface area contributed by atoms with Crippen molar-refractivity contribution in [3.8, 4) is 0 Å². The Morgan fingerprint density at radius 2 is 1.39 bits per heavy atom. The van der Waals surface area contributed by atoms with Crippen LogP contribution >= 0.6 is 0 Å². The predicted molar refractivity (Wildman–Crippen MR) is 69.3 cm³/mol. The zero-order valence-corrected chi connectivity index (χ0v) is 10.4. The molecule has 0 aliphatic heterocycles. The lowest BCUT2D eigenvalue weighted by molar-refractivity contribution is -0.268. The van der Waals surface area contributed by atoms with Crippen LogP contribution in [0.1, 0.15) is 5.56 Å². The number of nitrogens with two attached hydrogens (primary N) is 1. The standard InChI is InChI=1S/C13H12N2O2S/c14-13(11-7-3-1-4-8-11)15-18(16,17)12-9-5-2-6-10-12/h1-10H,(H2,14,15)/p+1. The molecule has 3 N–H and O–H groups in total. The fourth-order valence-corrected chi connectivity index (χ4v) is 2.52. The van der Waals surface area contributed by atoms with Crippen molar-refractivity contribution in [1.29, 1.82) is 0 Å². The Balaban J connectivity index is 2.39. The van der Waals surface area contributed by atoms with Gasteiger partial charge in [-0.2, -0.15) is 12.8 Å². The molecule has 2 aromatic rings. The van der Waals surface area contributed by atoms with E-state index in [-0.39, 0.29) is 10.7 Å². The molecule has 0 aliphatic carbocycles. The van der Waals surface area contributed by atoms with E-state index in [9.17, 15) is 8.42 Å².